The van der Waals surface area contributed by atoms with Gasteiger partial charge >= 0.3 is 0 Å². The van der Waals surface area contributed by atoms with Crippen molar-refractivity contribution in [1.29, 1.82) is 0 Å². The Morgan fingerprint density at radius 3 is 2.48 bits per heavy atom. The highest BCUT2D eigenvalue weighted by Crippen LogP contribution is 2.24. The topological polar surface area (TPSA) is 87.5 Å². The molecule has 0 aliphatic heterocycles. The van der Waals surface area contributed by atoms with Crippen LogP contribution in [0.2, 0.25) is 10.2 Å². The zero-order valence-electron chi connectivity index (χ0n) is 12.1. The van der Waals surface area contributed by atoms with Gasteiger partial charge in [-0.05, 0) is 6.07 Å². The molecule has 21 heavy (non-hydrogen) atoms. The minimum absolute atomic E-state index is 0.279. The number of aliphatic imine (C=N–C) groups is 1. The maximum Gasteiger partial charge on any atom is 0.208 e. The average molecular weight is 356 g/mol. The van der Waals surface area contributed by atoms with E-state index in [2.05, 4.69) is 20.3 Å². The van der Waals surface area contributed by atoms with Gasteiger partial charge in [0.25, 0.3) is 0 Å². The number of nitrogens with one attached hydrogen (secondary N) is 3. The van der Waals surface area contributed by atoms with E-state index in [1.165, 1.54) is 0 Å². The van der Waals surface area contributed by atoms with Crippen LogP contribution in [0, 0.1) is 0 Å². The fraction of sp³-hybridized carbons (Fsp3) is 0.545. The van der Waals surface area contributed by atoms with Crippen LogP contribution >= 0.6 is 23.2 Å². The summed E-state index contributed by atoms with van der Waals surface area (Å²) in [6, 6.07) is 1.77. The third kappa shape index (κ3) is 6.13. The molecule has 0 bridgehead atoms. The van der Waals surface area contributed by atoms with Crippen LogP contribution in [0.15, 0.2) is 11.1 Å². The van der Waals surface area contributed by atoms with Gasteiger partial charge in [0.2, 0.25) is 10.0 Å². The molecule has 0 saturated carbocycles. The molecule has 0 fully saturated rings. The van der Waals surface area contributed by atoms with Crippen molar-refractivity contribution >= 4 is 39.2 Å². The first kappa shape index (κ1) is 18.1. The Labute approximate surface area is 134 Å². The van der Waals surface area contributed by atoms with Crippen LogP contribution in [-0.4, -0.2) is 45.3 Å². The third-order valence-electron chi connectivity index (χ3n) is 2.66. The smallest absolute Gasteiger partial charge is 0.208 e. The first-order valence-corrected chi connectivity index (χ1v) is 8.78. The fourth-order valence-electron chi connectivity index (χ4n) is 1.57. The van der Waals surface area contributed by atoms with Gasteiger partial charge in [0.15, 0.2) is 5.96 Å². The van der Waals surface area contributed by atoms with E-state index >= 15 is 0 Å². The predicted molar refractivity (Wildman–Crippen MR) is 86.5 cm³/mol. The first-order chi connectivity index (χ1) is 9.74. The largest absolute Gasteiger partial charge is 0.355 e. The molecule has 0 spiro atoms. The second-order valence-electron chi connectivity index (χ2n) is 4.35. The normalized spacial score (nSPS) is 12.5. The number of sulfonamides is 1. The van der Waals surface area contributed by atoms with Crippen molar-refractivity contribution in [3.63, 3.8) is 0 Å². The molecule has 1 rings (SSSR count). The molecule has 0 saturated heterocycles. The molecule has 3 N–H and O–H groups in total. The number of hydrogen-bond acceptors (Lipinski definition) is 3. The van der Waals surface area contributed by atoms with Crippen molar-refractivity contribution in [2.75, 3.05) is 26.4 Å². The van der Waals surface area contributed by atoms with Crippen molar-refractivity contribution in [2.24, 2.45) is 12.0 Å². The molecule has 0 unspecified atom stereocenters. The maximum atomic E-state index is 10.9. The van der Waals surface area contributed by atoms with Gasteiger partial charge in [0.1, 0.15) is 5.15 Å². The second-order valence-corrected chi connectivity index (χ2v) is 6.95. The van der Waals surface area contributed by atoms with Crippen LogP contribution in [0.5, 0.6) is 0 Å². The highest BCUT2D eigenvalue weighted by atomic mass is 35.5. The summed E-state index contributed by atoms with van der Waals surface area (Å²) >= 11 is 11.9. The van der Waals surface area contributed by atoms with Crippen LogP contribution in [0.1, 0.15) is 5.69 Å². The zero-order valence-corrected chi connectivity index (χ0v) is 14.4. The Kier molecular flexibility index (Phi) is 6.79. The number of nitrogens with zero attached hydrogens (tertiary/aromatic N) is 2. The first-order valence-electron chi connectivity index (χ1n) is 6.13. The molecular weight excluding hydrogens is 337 g/mol. The lowest BCUT2D eigenvalue weighted by molar-refractivity contribution is 0.586. The molecule has 0 aromatic carbocycles. The standard InChI is InChI=1S/C11H19Cl2N5O2S/c1-14-11(15-4-5-17-21(3,19)20)16-7-8-6-9(12)10(13)18(8)2/h6,17H,4-5,7H2,1-3H3,(H2,14,15,16). The Bertz CT molecular complexity index is 612. The van der Waals surface area contributed by atoms with E-state index in [1.807, 2.05) is 7.05 Å². The van der Waals surface area contributed by atoms with E-state index in [9.17, 15) is 8.42 Å². The molecule has 0 amide bonds. The summed E-state index contributed by atoms with van der Waals surface area (Å²) < 4.78 is 26.0. The molecule has 0 aliphatic rings. The molecule has 1 heterocycles. The van der Waals surface area contributed by atoms with Crippen molar-refractivity contribution < 1.29 is 8.42 Å². The average Bonchev–Trinajstić information content (AvgIpc) is 2.64. The van der Waals surface area contributed by atoms with Gasteiger partial charge in [0, 0.05) is 32.9 Å². The van der Waals surface area contributed by atoms with Gasteiger partial charge in [-0.1, -0.05) is 23.2 Å². The highest BCUT2D eigenvalue weighted by Gasteiger charge is 2.09. The molecule has 1 aromatic rings. The second kappa shape index (κ2) is 7.88. The van der Waals surface area contributed by atoms with E-state index in [4.69, 9.17) is 23.2 Å². The zero-order chi connectivity index (χ0) is 16.0. The molecular formula is C11H19Cl2N5O2S. The molecule has 0 aliphatic carbocycles. The van der Waals surface area contributed by atoms with Gasteiger partial charge in [0.05, 0.1) is 17.8 Å². The molecule has 7 nitrogen and oxygen atoms in total. The Hall–Kier alpha value is -0.960. The molecule has 120 valence electrons. The van der Waals surface area contributed by atoms with E-state index in [1.54, 1.807) is 17.7 Å². The number of rotatable bonds is 6. The van der Waals surface area contributed by atoms with E-state index in [0.717, 1.165) is 11.9 Å². The Morgan fingerprint density at radius 1 is 1.33 bits per heavy atom. The summed E-state index contributed by atoms with van der Waals surface area (Å²) in [4.78, 5) is 4.04. The number of guanidine groups is 1. The summed E-state index contributed by atoms with van der Waals surface area (Å²) in [6.07, 6.45) is 1.11. The van der Waals surface area contributed by atoms with Gasteiger partial charge in [-0.2, -0.15) is 0 Å². The van der Waals surface area contributed by atoms with Crippen molar-refractivity contribution in [1.82, 2.24) is 19.9 Å². The van der Waals surface area contributed by atoms with E-state index in [0.29, 0.717) is 29.2 Å². The lowest BCUT2D eigenvalue weighted by Gasteiger charge is -2.12. The Morgan fingerprint density at radius 2 is 2.00 bits per heavy atom. The minimum atomic E-state index is -3.17. The van der Waals surface area contributed by atoms with Crippen molar-refractivity contribution in [3.8, 4) is 0 Å². The van der Waals surface area contributed by atoms with Gasteiger partial charge in [-0.3, -0.25) is 4.99 Å². The minimum Gasteiger partial charge on any atom is -0.355 e. The number of hydrogen-bond donors (Lipinski definition) is 3. The van der Waals surface area contributed by atoms with Crippen molar-refractivity contribution in [3.05, 3.63) is 21.9 Å². The van der Waals surface area contributed by atoms with Crippen LogP contribution in [0.3, 0.4) is 0 Å². The summed E-state index contributed by atoms with van der Waals surface area (Å²) in [5.74, 6) is 0.554. The summed E-state index contributed by atoms with van der Waals surface area (Å²) in [5, 5.41) is 7.06. The van der Waals surface area contributed by atoms with E-state index < -0.39 is 10.0 Å². The molecule has 0 radical (unpaired) electrons. The predicted octanol–water partition coefficient (Wildman–Crippen LogP) is 0.546. The van der Waals surface area contributed by atoms with Gasteiger partial charge < -0.3 is 15.2 Å². The number of halogens is 2. The Balaban J connectivity index is 2.43. The van der Waals surface area contributed by atoms with Crippen LogP contribution in [0.4, 0.5) is 0 Å². The summed E-state index contributed by atoms with van der Waals surface area (Å²) in [5.41, 5.74) is 0.905. The monoisotopic (exact) mass is 355 g/mol. The molecule has 10 heteroatoms. The maximum absolute atomic E-state index is 10.9. The number of aromatic nitrogens is 1. The summed E-state index contributed by atoms with van der Waals surface area (Å²) in [6.45, 7) is 1.19. The van der Waals surface area contributed by atoms with Crippen molar-refractivity contribution in [2.45, 2.75) is 6.54 Å². The molecule has 1 aromatic heterocycles. The highest BCUT2D eigenvalue weighted by molar-refractivity contribution is 7.88. The van der Waals surface area contributed by atoms with Crippen LogP contribution in [-0.2, 0) is 23.6 Å². The van der Waals surface area contributed by atoms with Crippen LogP contribution in [0.25, 0.3) is 0 Å². The quantitative estimate of drug-likeness (QED) is 0.395. The molecule has 0 atom stereocenters. The summed E-state index contributed by atoms with van der Waals surface area (Å²) in [7, 11) is 0.272. The SMILES string of the molecule is CN=C(NCCNS(C)(=O)=O)NCc1cc(Cl)c(Cl)n1C. The van der Waals surface area contributed by atoms with Gasteiger partial charge in [-0.15, -0.1) is 0 Å². The fourth-order valence-corrected chi connectivity index (χ4v) is 2.46. The third-order valence-corrected chi connectivity index (χ3v) is 4.23. The lowest BCUT2D eigenvalue weighted by Crippen LogP contribution is -2.41. The lowest BCUT2D eigenvalue weighted by atomic mass is 10.4. The van der Waals surface area contributed by atoms with Gasteiger partial charge in [-0.25, -0.2) is 13.1 Å². The van der Waals surface area contributed by atoms with E-state index in [-0.39, 0.29) is 6.54 Å². The van der Waals surface area contributed by atoms with Crippen LogP contribution < -0.4 is 15.4 Å².